The number of phenols is 1. The van der Waals surface area contributed by atoms with Gasteiger partial charge in [0, 0.05) is 38.7 Å². The van der Waals surface area contributed by atoms with Crippen molar-refractivity contribution in [1.82, 2.24) is 4.90 Å². The van der Waals surface area contributed by atoms with Gasteiger partial charge in [-0.25, -0.2) is 0 Å². The van der Waals surface area contributed by atoms with E-state index in [0.29, 0.717) is 35.8 Å². The molecule has 0 bridgehead atoms. The van der Waals surface area contributed by atoms with Gasteiger partial charge in [0.05, 0.1) is 7.11 Å². The summed E-state index contributed by atoms with van der Waals surface area (Å²) in [6, 6.07) is 28.1. The molecule has 220 valence electrons. The third kappa shape index (κ3) is 6.69. The maximum absolute atomic E-state index is 14.1. The molecule has 7 heteroatoms. The quantitative estimate of drug-likeness (QED) is 0.157. The zero-order chi connectivity index (χ0) is 29.6. The summed E-state index contributed by atoms with van der Waals surface area (Å²) < 4.78 is 18.8. The lowest BCUT2D eigenvalue weighted by molar-refractivity contribution is 0.104. The van der Waals surface area contributed by atoms with Crippen LogP contribution in [0.4, 0.5) is 0 Å². The number of thiophene rings is 1. The Morgan fingerprint density at radius 2 is 1.60 bits per heavy atom. The third-order valence-electron chi connectivity index (χ3n) is 7.81. The first-order valence-corrected chi connectivity index (χ1v) is 15.5. The fourth-order valence-electron chi connectivity index (χ4n) is 5.48. The Balaban J connectivity index is 1.30. The fraction of sp³-hybridized carbons (Fsp3) is 0.250. The molecule has 4 aromatic carbocycles. The van der Waals surface area contributed by atoms with E-state index >= 15 is 0 Å². The number of nitrogens with zero attached hydrogens (tertiary/aromatic N) is 1. The molecule has 1 aromatic heterocycles. The van der Waals surface area contributed by atoms with E-state index in [0.717, 1.165) is 51.5 Å². The second-order valence-corrected chi connectivity index (χ2v) is 11.8. The molecule has 1 saturated heterocycles. The van der Waals surface area contributed by atoms with Gasteiger partial charge in [-0.15, -0.1) is 11.3 Å². The fourth-order valence-corrected chi connectivity index (χ4v) is 6.69. The molecule has 1 aliphatic heterocycles. The Labute approximate surface area is 256 Å². The van der Waals surface area contributed by atoms with Crippen molar-refractivity contribution in [2.75, 3.05) is 33.4 Å². The molecular weight excluding hydrogens is 558 g/mol. The Hall–Kier alpha value is -4.33. The highest BCUT2D eigenvalue weighted by molar-refractivity contribution is 7.22. The number of rotatable bonds is 11. The van der Waals surface area contributed by atoms with Crippen molar-refractivity contribution >= 4 is 27.2 Å². The van der Waals surface area contributed by atoms with Gasteiger partial charge in [-0.3, -0.25) is 9.69 Å². The van der Waals surface area contributed by atoms with Crippen LogP contribution in [0.5, 0.6) is 23.0 Å². The molecule has 1 aliphatic rings. The van der Waals surface area contributed by atoms with Gasteiger partial charge in [-0.05, 0) is 91.7 Å². The van der Waals surface area contributed by atoms with Crippen LogP contribution in [-0.2, 0) is 6.61 Å². The van der Waals surface area contributed by atoms with Crippen LogP contribution in [0.3, 0.4) is 0 Å². The van der Waals surface area contributed by atoms with Crippen molar-refractivity contribution < 1.29 is 24.1 Å². The number of methoxy groups -OCH3 is 1. The van der Waals surface area contributed by atoms with Crippen LogP contribution < -0.4 is 14.2 Å². The van der Waals surface area contributed by atoms with Gasteiger partial charge in [-0.2, -0.15) is 0 Å². The number of ketones is 1. The standard InChI is InChI=1S/C36H35NO5S/c1-40-31-22-30-33(23-32(31)42-24-25-8-4-2-5-9-25)43-36(27-10-14-28(38)15-11-27)34(30)35(39)26-12-16-29(17-13-26)41-21-20-37-18-6-3-7-19-37/h2,4-5,8-17,22-23,38H,3,6-7,18-21,24H2,1H3. The van der Waals surface area contributed by atoms with E-state index in [2.05, 4.69) is 4.90 Å². The highest BCUT2D eigenvalue weighted by Gasteiger charge is 2.24. The normalized spacial score (nSPS) is 13.6. The van der Waals surface area contributed by atoms with E-state index in [1.54, 1.807) is 19.2 Å². The number of carbonyl (C=O) groups is 1. The van der Waals surface area contributed by atoms with Crippen LogP contribution in [-0.4, -0.2) is 49.1 Å². The average molecular weight is 594 g/mol. The first-order chi connectivity index (χ1) is 21.1. The average Bonchev–Trinajstić information content (AvgIpc) is 3.42. The van der Waals surface area contributed by atoms with E-state index < -0.39 is 0 Å². The highest BCUT2D eigenvalue weighted by Crippen LogP contribution is 2.44. The number of ether oxygens (including phenoxy) is 3. The molecular formula is C36H35NO5S. The maximum atomic E-state index is 14.1. The van der Waals surface area contributed by atoms with Crippen LogP contribution in [0.1, 0.15) is 40.7 Å². The van der Waals surface area contributed by atoms with Gasteiger partial charge in [0.15, 0.2) is 17.3 Å². The van der Waals surface area contributed by atoms with Crippen molar-refractivity contribution in [3.8, 4) is 33.4 Å². The monoisotopic (exact) mass is 593 g/mol. The molecule has 43 heavy (non-hydrogen) atoms. The molecule has 6 nitrogen and oxygen atoms in total. The maximum Gasteiger partial charge on any atom is 0.195 e. The summed E-state index contributed by atoms with van der Waals surface area (Å²) in [6.07, 6.45) is 3.83. The summed E-state index contributed by atoms with van der Waals surface area (Å²) in [6.45, 7) is 4.22. The number of hydrogen-bond acceptors (Lipinski definition) is 7. The minimum atomic E-state index is -0.0887. The second-order valence-electron chi connectivity index (χ2n) is 10.7. The van der Waals surface area contributed by atoms with Gasteiger partial charge in [0.25, 0.3) is 0 Å². The van der Waals surface area contributed by atoms with Crippen molar-refractivity contribution in [3.63, 3.8) is 0 Å². The van der Waals surface area contributed by atoms with Crippen molar-refractivity contribution in [1.29, 1.82) is 0 Å². The van der Waals surface area contributed by atoms with Gasteiger partial charge in [0.2, 0.25) is 0 Å². The highest BCUT2D eigenvalue weighted by atomic mass is 32.1. The zero-order valence-corrected chi connectivity index (χ0v) is 25.1. The van der Waals surface area contributed by atoms with Crippen LogP contribution in [0, 0.1) is 0 Å². The molecule has 1 fully saturated rings. The molecule has 0 spiro atoms. The number of hydrogen-bond donors (Lipinski definition) is 1. The third-order valence-corrected chi connectivity index (χ3v) is 9.01. The van der Waals surface area contributed by atoms with E-state index in [9.17, 15) is 9.90 Å². The predicted octanol–water partition coefficient (Wildman–Crippen LogP) is 7.96. The summed E-state index contributed by atoms with van der Waals surface area (Å²) >= 11 is 1.52. The smallest absolute Gasteiger partial charge is 0.195 e. The van der Waals surface area contributed by atoms with E-state index in [-0.39, 0.29) is 11.5 Å². The van der Waals surface area contributed by atoms with E-state index in [4.69, 9.17) is 14.2 Å². The largest absolute Gasteiger partial charge is 0.508 e. The lowest BCUT2D eigenvalue weighted by Gasteiger charge is -2.26. The van der Waals surface area contributed by atoms with Crippen LogP contribution >= 0.6 is 11.3 Å². The Morgan fingerprint density at radius 1 is 0.860 bits per heavy atom. The molecule has 1 N–H and O–H groups in total. The summed E-state index contributed by atoms with van der Waals surface area (Å²) in [7, 11) is 1.61. The molecule has 0 atom stereocenters. The number of piperidine rings is 1. The number of carbonyl (C=O) groups excluding carboxylic acids is 1. The van der Waals surface area contributed by atoms with Crippen molar-refractivity contribution in [3.05, 3.63) is 108 Å². The molecule has 0 unspecified atom stereocenters. The van der Waals surface area contributed by atoms with Crippen LogP contribution in [0.2, 0.25) is 0 Å². The zero-order valence-electron chi connectivity index (χ0n) is 24.3. The predicted molar refractivity (Wildman–Crippen MR) is 172 cm³/mol. The number of aromatic hydroxyl groups is 1. The first-order valence-electron chi connectivity index (χ1n) is 14.7. The Kier molecular flexibility index (Phi) is 8.91. The lowest BCUT2D eigenvalue weighted by Crippen LogP contribution is -2.33. The van der Waals surface area contributed by atoms with Gasteiger partial charge in [0.1, 0.15) is 24.7 Å². The summed E-state index contributed by atoms with van der Waals surface area (Å²) in [5.74, 6) is 2.01. The molecule has 2 heterocycles. The van der Waals surface area contributed by atoms with Crippen LogP contribution in [0.15, 0.2) is 91.0 Å². The molecule has 0 aliphatic carbocycles. The second kappa shape index (κ2) is 13.3. The van der Waals surface area contributed by atoms with Crippen molar-refractivity contribution in [2.24, 2.45) is 0 Å². The van der Waals surface area contributed by atoms with Gasteiger partial charge in [-0.1, -0.05) is 36.8 Å². The number of fused-ring (bicyclic) bond motifs is 1. The molecule has 0 amide bonds. The molecule has 6 rings (SSSR count). The first kappa shape index (κ1) is 28.8. The van der Waals surface area contributed by atoms with E-state index in [1.807, 2.05) is 78.9 Å². The minimum Gasteiger partial charge on any atom is -0.508 e. The Bertz CT molecular complexity index is 1670. The molecule has 0 radical (unpaired) electrons. The molecule has 0 saturated carbocycles. The van der Waals surface area contributed by atoms with Crippen molar-refractivity contribution in [2.45, 2.75) is 25.9 Å². The summed E-state index contributed by atoms with van der Waals surface area (Å²) in [5.41, 5.74) is 3.07. The number of benzene rings is 4. The summed E-state index contributed by atoms with van der Waals surface area (Å²) in [5, 5.41) is 10.7. The number of likely N-dealkylation sites (tertiary alicyclic amines) is 1. The van der Waals surface area contributed by atoms with E-state index in [1.165, 1.54) is 30.6 Å². The Morgan fingerprint density at radius 3 is 2.33 bits per heavy atom. The van der Waals surface area contributed by atoms with Gasteiger partial charge < -0.3 is 19.3 Å². The van der Waals surface area contributed by atoms with Gasteiger partial charge >= 0.3 is 0 Å². The topological polar surface area (TPSA) is 68.2 Å². The van der Waals surface area contributed by atoms with Crippen LogP contribution in [0.25, 0.3) is 20.5 Å². The number of phenolic OH excluding ortho intramolecular Hbond substituents is 1. The summed E-state index contributed by atoms with van der Waals surface area (Å²) in [4.78, 5) is 17.4. The SMILES string of the molecule is COc1cc2c(C(=O)c3ccc(OCCN4CCCCC4)cc3)c(-c3ccc(O)cc3)sc2cc1OCc1ccccc1. The molecule has 5 aromatic rings. The minimum absolute atomic E-state index is 0.0887. The lowest BCUT2D eigenvalue weighted by atomic mass is 9.97.